The summed E-state index contributed by atoms with van der Waals surface area (Å²) in [6.07, 6.45) is 2.59. The van der Waals surface area contributed by atoms with Crippen LogP contribution in [0.3, 0.4) is 0 Å². The molecule has 0 bridgehead atoms. The van der Waals surface area contributed by atoms with E-state index in [4.69, 9.17) is 0 Å². The van der Waals surface area contributed by atoms with Gasteiger partial charge in [-0.2, -0.15) is 0 Å². The Morgan fingerprint density at radius 3 is 2.55 bits per heavy atom. The van der Waals surface area contributed by atoms with Crippen molar-refractivity contribution in [3.05, 3.63) is 39.9 Å². The lowest BCUT2D eigenvalue weighted by Gasteiger charge is -2.13. The minimum atomic E-state index is -1.63. The zero-order valence-electron chi connectivity index (χ0n) is 10.0. The first-order valence-corrected chi connectivity index (χ1v) is 5.87. The topological polar surface area (TPSA) is 48.3 Å². The zero-order valence-corrected chi connectivity index (χ0v) is 10.0. The minimum absolute atomic E-state index is 0.0516. The first-order valence-electron chi connectivity index (χ1n) is 5.87. The lowest BCUT2D eigenvalue weighted by atomic mass is 10.1. The van der Waals surface area contributed by atoms with E-state index < -0.39 is 22.9 Å². The van der Waals surface area contributed by atoms with E-state index in [9.17, 15) is 22.8 Å². The van der Waals surface area contributed by atoms with Crippen LogP contribution in [0.25, 0.3) is 10.9 Å². The largest absolute Gasteiger partial charge is 0.423 e. The average molecular weight is 283 g/mol. The summed E-state index contributed by atoms with van der Waals surface area (Å²) in [6.45, 7) is 0.0516. The molecule has 1 aromatic heterocycles. The van der Waals surface area contributed by atoms with Gasteiger partial charge in [-0.15, -0.1) is 0 Å². The molecular weight excluding hydrogens is 275 g/mol. The maximum atomic E-state index is 13.9. The van der Waals surface area contributed by atoms with E-state index in [-0.39, 0.29) is 29.2 Å². The highest BCUT2D eigenvalue weighted by molar-refractivity contribution is 5.81. The van der Waals surface area contributed by atoms with E-state index >= 15 is 0 Å². The smallest absolute Gasteiger partial charge is 0.298 e. The first-order chi connectivity index (χ1) is 9.54. The Morgan fingerprint density at radius 1 is 1.25 bits per heavy atom. The van der Waals surface area contributed by atoms with Gasteiger partial charge in [0.1, 0.15) is 0 Å². The van der Waals surface area contributed by atoms with Gasteiger partial charge in [-0.1, -0.05) is 0 Å². The van der Waals surface area contributed by atoms with Crippen LogP contribution in [-0.2, 0) is 4.79 Å². The van der Waals surface area contributed by atoms with Crippen LogP contribution in [0.5, 0.6) is 5.75 Å². The van der Waals surface area contributed by atoms with E-state index in [2.05, 4.69) is 4.74 Å². The number of fused-ring (bicyclic) bond motifs is 1. The highest BCUT2D eigenvalue weighted by Gasteiger charge is 2.29. The SMILES string of the molecule is O=COc1cn(C2CC2)c2c(F)c(F)c(F)cc2c1=O. The van der Waals surface area contributed by atoms with Crippen LogP contribution >= 0.6 is 0 Å². The second kappa shape index (κ2) is 4.36. The highest BCUT2D eigenvalue weighted by Crippen LogP contribution is 2.38. The Morgan fingerprint density at radius 2 is 1.95 bits per heavy atom. The number of carbonyl (C=O) groups excluding carboxylic acids is 1. The number of ether oxygens (including phenoxy) is 1. The molecule has 1 aromatic carbocycles. The monoisotopic (exact) mass is 283 g/mol. The molecule has 20 heavy (non-hydrogen) atoms. The molecular formula is C13H8F3NO3. The third-order valence-electron chi connectivity index (χ3n) is 3.23. The molecule has 0 atom stereocenters. The Kier molecular flexibility index (Phi) is 2.77. The van der Waals surface area contributed by atoms with Crippen LogP contribution in [0.2, 0.25) is 0 Å². The Balaban J connectivity index is 2.45. The molecule has 2 aromatic rings. The lowest BCUT2D eigenvalue weighted by molar-refractivity contribution is -0.120. The number of rotatable bonds is 3. The molecule has 0 amide bonds. The van der Waals surface area contributed by atoms with E-state index in [1.807, 2.05) is 0 Å². The summed E-state index contributed by atoms with van der Waals surface area (Å²) in [6, 6.07) is 0.499. The number of hydrogen-bond acceptors (Lipinski definition) is 3. The third kappa shape index (κ3) is 1.77. The number of halogens is 3. The average Bonchev–Trinajstić information content (AvgIpc) is 3.24. The van der Waals surface area contributed by atoms with Crippen LogP contribution in [0.1, 0.15) is 18.9 Å². The van der Waals surface area contributed by atoms with Gasteiger partial charge in [0, 0.05) is 6.04 Å². The number of carbonyl (C=O) groups is 1. The zero-order chi connectivity index (χ0) is 14.4. The highest BCUT2D eigenvalue weighted by atomic mass is 19.2. The number of nitrogens with zero attached hydrogens (tertiary/aromatic N) is 1. The van der Waals surface area contributed by atoms with Crippen molar-refractivity contribution in [2.24, 2.45) is 0 Å². The number of hydrogen-bond donors (Lipinski definition) is 0. The molecule has 0 aliphatic heterocycles. The van der Waals surface area contributed by atoms with Gasteiger partial charge < -0.3 is 9.30 Å². The standard InChI is InChI=1S/C13H8F3NO3/c14-8-3-7-12(11(16)10(8)15)17(6-1-2-6)4-9(13(7)19)20-5-18/h3-6H,1-2H2. The number of pyridine rings is 1. The van der Waals surface area contributed by atoms with Crippen LogP contribution in [0.4, 0.5) is 13.2 Å². The molecule has 0 N–H and O–H groups in total. The molecule has 1 saturated carbocycles. The third-order valence-corrected chi connectivity index (χ3v) is 3.23. The van der Waals surface area contributed by atoms with Gasteiger partial charge in [0.2, 0.25) is 5.43 Å². The van der Waals surface area contributed by atoms with Crippen LogP contribution in [0.15, 0.2) is 17.1 Å². The van der Waals surface area contributed by atoms with Crippen molar-refractivity contribution in [2.75, 3.05) is 0 Å². The van der Waals surface area contributed by atoms with Crippen molar-refractivity contribution in [1.82, 2.24) is 4.57 Å². The van der Waals surface area contributed by atoms with Crippen molar-refractivity contribution in [1.29, 1.82) is 0 Å². The lowest BCUT2D eigenvalue weighted by Crippen LogP contribution is -2.15. The predicted octanol–water partition coefficient (Wildman–Crippen LogP) is 2.29. The summed E-state index contributed by atoms with van der Waals surface area (Å²) in [5.41, 5.74) is -1.17. The van der Waals surface area contributed by atoms with Crippen molar-refractivity contribution >= 4 is 17.4 Å². The minimum Gasteiger partial charge on any atom is -0.423 e. The Hall–Kier alpha value is -2.31. The predicted molar refractivity (Wildman–Crippen MR) is 63.0 cm³/mol. The van der Waals surface area contributed by atoms with Gasteiger partial charge in [-0.05, 0) is 18.9 Å². The summed E-state index contributed by atoms with van der Waals surface area (Å²) in [4.78, 5) is 22.3. The normalized spacial score (nSPS) is 14.6. The molecule has 4 nitrogen and oxygen atoms in total. The van der Waals surface area contributed by atoms with Crippen molar-refractivity contribution in [3.63, 3.8) is 0 Å². The summed E-state index contributed by atoms with van der Waals surface area (Å²) in [5, 5.41) is -0.354. The van der Waals surface area contributed by atoms with Gasteiger partial charge in [0.05, 0.1) is 17.1 Å². The van der Waals surface area contributed by atoms with Gasteiger partial charge >= 0.3 is 0 Å². The molecule has 3 rings (SSSR count). The van der Waals surface area contributed by atoms with E-state index in [0.717, 1.165) is 19.0 Å². The molecule has 1 heterocycles. The van der Waals surface area contributed by atoms with Gasteiger partial charge in [-0.25, -0.2) is 13.2 Å². The van der Waals surface area contributed by atoms with Gasteiger partial charge in [-0.3, -0.25) is 9.59 Å². The maximum Gasteiger partial charge on any atom is 0.298 e. The van der Waals surface area contributed by atoms with Crippen molar-refractivity contribution in [3.8, 4) is 5.75 Å². The number of aromatic nitrogens is 1. The summed E-state index contributed by atoms with van der Waals surface area (Å²) in [5.74, 6) is -4.85. The fraction of sp³-hybridized carbons (Fsp3) is 0.231. The second-order valence-electron chi connectivity index (χ2n) is 4.56. The van der Waals surface area contributed by atoms with E-state index in [1.54, 1.807) is 0 Å². The molecule has 0 radical (unpaired) electrons. The quantitative estimate of drug-likeness (QED) is 0.641. The molecule has 0 saturated heterocycles. The number of benzene rings is 1. The van der Waals surface area contributed by atoms with Crippen molar-refractivity contribution < 1.29 is 22.7 Å². The molecule has 104 valence electrons. The molecule has 1 aliphatic rings. The van der Waals surface area contributed by atoms with E-state index in [0.29, 0.717) is 6.07 Å². The molecule has 0 unspecified atom stereocenters. The summed E-state index contributed by atoms with van der Waals surface area (Å²) < 4.78 is 46.4. The van der Waals surface area contributed by atoms with Crippen LogP contribution in [-0.4, -0.2) is 11.0 Å². The molecule has 1 aliphatic carbocycles. The second-order valence-corrected chi connectivity index (χ2v) is 4.56. The van der Waals surface area contributed by atoms with Crippen molar-refractivity contribution in [2.45, 2.75) is 18.9 Å². The summed E-state index contributed by atoms with van der Waals surface area (Å²) in [7, 11) is 0. The Labute approximate surface area is 110 Å². The molecule has 7 heteroatoms. The van der Waals surface area contributed by atoms with Gasteiger partial charge in [0.25, 0.3) is 6.47 Å². The van der Waals surface area contributed by atoms with E-state index in [1.165, 1.54) is 4.57 Å². The fourth-order valence-electron chi connectivity index (χ4n) is 2.17. The maximum absolute atomic E-state index is 13.9. The molecule has 0 spiro atoms. The molecule has 1 fully saturated rings. The van der Waals surface area contributed by atoms with Crippen LogP contribution in [0, 0.1) is 17.5 Å². The summed E-state index contributed by atoms with van der Waals surface area (Å²) >= 11 is 0. The fourth-order valence-corrected chi connectivity index (χ4v) is 2.17. The first kappa shape index (κ1) is 12.7. The van der Waals surface area contributed by atoms with Crippen LogP contribution < -0.4 is 10.2 Å². The Bertz CT molecular complexity index is 781. The van der Waals surface area contributed by atoms with Gasteiger partial charge in [0.15, 0.2) is 23.2 Å².